The van der Waals surface area contributed by atoms with E-state index in [1.54, 1.807) is 23.0 Å². The number of amides is 1. The lowest BCUT2D eigenvalue weighted by Gasteiger charge is -2.11. The maximum absolute atomic E-state index is 13.2. The number of carbonyl (C=O) groups is 1. The highest BCUT2D eigenvalue weighted by atomic mass is 16.1. The molecule has 0 saturated heterocycles. The Balaban J connectivity index is 1.64. The minimum atomic E-state index is -0.213. The molecule has 1 aliphatic rings. The molecular weight excluding hydrogens is 388 g/mol. The van der Waals surface area contributed by atoms with Gasteiger partial charge < -0.3 is 4.57 Å². The van der Waals surface area contributed by atoms with Crippen molar-refractivity contribution in [3.8, 4) is 23.1 Å². The van der Waals surface area contributed by atoms with Crippen molar-refractivity contribution >= 4 is 22.9 Å². The lowest BCUT2D eigenvalue weighted by Crippen LogP contribution is -2.17. The molecule has 5 rings (SSSR count). The van der Waals surface area contributed by atoms with Crippen LogP contribution in [-0.4, -0.2) is 30.2 Å². The molecule has 4 heterocycles. The quantitative estimate of drug-likeness (QED) is 0.446. The molecule has 1 aromatic carbocycles. The number of nitrogens with zero attached hydrogens (tertiary/aromatic N) is 5. The number of aryl methyl sites for hydroxylation is 3. The SMILES string of the molecule is Cc1cc2cc(n1)-c1cnn(C)c1C#CCCCCn1c(nc3ccccc31)NC2=O. The number of nitrogens with one attached hydrogen (secondary N) is 1. The summed E-state index contributed by atoms with van der Waals surface area (Å²) in [4.78, 5) is 22.5. The summed E-state index contributed by atoms with van der Waals surface area (Å²) < 4.78 is 3.83. The Kier molecular flexibility index (Phi) is 4.75. The third-order valence-electron chi connectivity index (χ3n) is 5.45. The number of hydrogen-bond acceptors (Lipinski definition) is 4. The molecule has 0 aliphatic carbocycles. The van der Waals surface area contributed by atoms with Crippen LogP contribution in [0.2, 0.25) is 0 Å². The van der Waals surface area contributed by atoms with Crippen molar-refractivity contribution in [1.29, 1.82) is 0 Å². The number of benzene rings is 1. The number of para-hydroxylation sites is 2. The highest BCUT2D eigenvalue weighted by Gasteiger charge is 2.18. The van der Waals surface area contributed by atoms with E-state index in [0.29, 0.717) is 17.2 Å². The van der Waals surface area contributed by atoms with E-state index >= 15 is 0 Å². The Morgan fingerprint density at radius 3 is 2.90 bits per heavy atom. The minimum absolute atomic E-state index is 0.213. The second-order valence-corrected chi connectivity index (χ2v) is 7.70. The number of carbonyl (C=O) groups excluding carboxylic acids is 1. The second-order valence-electron chi connectivity index (χ2n) is 7.70. The summed E-state index contributed by atoms with van der Waals surface area (Å²) in [5, 5.41) is 7.38. The van der Waals surface area contributed by atoms with Crippen molar-refractivity contribution in [2.45, 2.75) is 32.7 Å². The van der Waals surface area contributed by atoms with Gasteiger partial charge in [0.2, 0.25) is 5.95 Å². The number of fused-ring (bicyclic) bond motifs is 7. The second kappa shape index (κ2) is 7.73. The molecule has 0 unspecified atom stereocenters. The van der Waals surface area contributed by atoms with Gasteiger partial charge in [-0.3, -0.25) is 19.8 Å². The molecule has 0 spiro atoms. The van der Waals surface area contributed by atoms with Gasteiger partial charge in [-0.15, -0.1) is 0 Å². The lowest BCUT2D eigenvalue weighted by molar-refractivity contribution is 0.102. The molecule has 7 nitrogen and oxygen atoms in total. The Labute approximate surface area is 180 Å². The Hall–Kier alpha value is -3.92. The number of anilines is 1. The molecule has 1 aliphatic heterocycles. The van der Waals surface area contributed by atoms with Crippen LogP contribution in [0.15, 0.2) is 42.6 Å². The maximum Gasteiger partial charge on any atom is 0.258 e. The van der Waals surface area contributed by atoms with Gasteiger partial charge in [0, 0.05) is 31.3 Å². The minimum Gasteiger partial charge on any atom is -0.310 e. The fraction of sp³-hybridized carbons (Fsp3) is 0.250. The number of pyridine rings is 1. The van der Waals surface area contributed by atoms with Gasteiger partial charge in [-0.05, 0) is 50.0 Å². The molecule has 0 atom stereocenters. The smallest absolute Gasteiger partial charge is 0.258 e. The number of imidazole rings is 1. The molecule has 3 aromatic heterocycles. The highest BCUT2D eigenvalue weighted by Crippen LogP contribution is 2.25. The van der Waals surface area contributed by atoms with Crippen molar-refractivity contribution in [2.75, 3.05) is 5.32 Å². The van der Waals surface area contributed by atoms with Gasteiger partial charge in [0.15, 0.2) is 0 Å². The Bertz CT molecular complexity index is 1370. The van der Waals surface area contributed by atoms with Crippen molar-refractivity contribution < 1.29 is 4.79 Å². The Morgan fingerprint density at radius 1 is 1.13 bits per heavy atom. The molecule has 7 heteroatoms. The Morgan fingerprint density at radius 2 is 2.00 bits per heavy atom. The zero-order valence-electron chi connectivity index (χ0n) is 17.5. The third-order valence-corrected chi connectivity index (χ3v) is 5.45. The first kappa shape index (κ1) is 19.1. The van der Waals surface area contributed by atoms with E-state index in [-0.39, 0.29) is 5.91 Å². The molecule has 2 bridgehead atoms. The molecule has 0 fully saturated rings. The zero-order chi connectivity index (χ0) is 21.4. The number of aromatic nitrogens is 5. The van der Waals surface area contributed by atoms with Gasteiger partial charge in [0.05, 0.1) is 28.5 Å². The molecule has 154 valence electrons. The average Bonchev–Trinajstić information content (AvgIpc) is 3.29. The summed E-state index contributed by atoms with van der Waals surface area (Å²) in [6.45, 7) is 2.64. The van der Waals surface area contributed by atoms with Crippen molar-refractivity contribution in [1.82, 2.24) is 24.3 Å². The van der Waals surface area contributed by atoms with Crippen LogP contribution in [-0.2, 0) is 13.6 Å². The topological polar surface area (TPSA) is 77.6 Å². The van der Waals surface area contributed by atoms with E-state index in [1.807, 2.05) is 38.2 Å². The van der Waals surface area contributed by atoms with Crippen molar-refractivity contribution in [3.05, 3.63) is 59.5 Å². The van der Waals surface area contributed by atoms with Crippen LogP contribution in [0.3, 0.4) is 0 Å². The van der Waals surface area contributed by atoms with Crippen LogP contribution in [0, 0.1) is 18.8 Å². The van der Waals surface area contributed by atoms with Crippen LogP contribution in [0.1, 0.15) is 41.0 Å². The summed E-state index contributed by atoms with van der Waals surface area (Å²) in [6.07, 6.45) is 4.42. The first-order valence-electron chi connectivity index (χ1n) is 10.4. The molecule has 0 radical (unpaired) electrons. The zero-order valence-corrected chi connectivity index (χ0v) is 17.5. The predicted molar refractivity (Wildman–Crippen MR) is 120 cm³/mol. The van der Waals surface area contributed by atoms with Crippen LogP contribution in [0.5, 0.6) is 0 Å². The summed E-state index contributed by atoms with van der Waals surface area (Å²) in [7, 11) is 1.87. The normalized spacial score (nSPS) is 13.9. The summed E-state index contributed by atoms with van der Waals surface area (Å²) >= 11 is 0. The summed E-state index contributed by atoms with van der Waals surface area (Å²) in [6, 6.07) is 11.5. The summed E-state index contributed by atoms with van der Waals surface area (Å²) in [5.74, 6) is 6.88. The molecule has 4 aromatic rings. The van der Waals surface area contributed by atoms with Crippen LogP contribution in [0.4, 0.5) is 5.95 Å². The fourth-order valence-corrected chi connectivity index (χ4v) is 3.91. The van der Waals surface area contributed by atoms with Crippen LogP contribution < -0.4 is 5.32 Å². The van der Waals surface area contributed by atoms with Crippen LogP contribution >= 0.6 is 0 Å². The van der Waals surface area contributed by atoms with Crippen LogP contribution in [0.25, 0.3) is 22.3 Å². The van der Waals surface area contributed by atoms with Gasteiger partial charge in [0.1, 0.15) is 5.69 Å². The average molecular weight is 410 g/mol. The van der Waals surface area contributed by atoms with E-state index < -0.39 is 0 Å². The first-order valence-corrected chi connectivity index (χ1v) is 10.4. The van der Waals surface area contributed by atoms with Crippen molar-refractivity contribution in [3.63, 3.8) is 0 Å². The molecule has 0 saturated carbocycles. The van der Waals surface area contributed by atoms with Gasteiger partial charge >= 0.3 is 0 Å². The monoisotopic (exact) mass is 410 g/mol. The van der Waals surface area contributed by atoms with E-state index in [4.69, 9.17) is 0 Å². The van der Waals surface area contributed by atoms with E-state index in [9.17, 15) is 4.79 Å². The highest BCUT2D eigenvalue weighted by molar-refractivity contribution is 6.04. The van der Waals surface area contributed by atoms with E-state index in [2.05, 4.69) is 36.8 Å². The third kappa shape index (κ3) is 3.57. The molecule has 31 heavy (non-hydrogen) atoms. The molecule has 1 amide bonds. The predicted octanol–water partition coefficient (Wildman–Crippen LogP) is 3.93. The van der Waals surface area contributed by atoms with Gasteiger partial charge in [0.25, 0.3) is 5.91 Å². The number of hydrogen-bond donors (Lipinski definition) is 1. The maximum atomic E-state index is 13.2. The standard InChI is InChI=1S/C24H22N6O/c1-16-13-17-14-20(26-16)18-15-25-29(2)21(18)10-5-3-4-8-12-30-22-11-7-6-9-19(22)27-24(30)28-23(17)31/h6-7,9,11,13-15H,3-4,8,12H2,1-2H3,(H,27,28,31). The van der Waals surface area contributed by atoms with Gasteiger partial charge in [-0.25, -0.2) is 4.98 Å². The molecular formula is C24H22N6O. The van der Waals surface area contributed by atoms with Crippen molar-refractivity contribution in [2.24, 2.45) is 7.05 Å². The van der Waals surface area contributed by atoms with E-state index in [1.165, 1.54) is 0 Å². The lowest BCUT2D eigenvalue weighted by atomic mass is 10.1. The number of rotatable bonds is 0. The van der Waals surface area contributed by atoms with E-state index in [0.717, 1.165) is 53.8 Å². The molecule has 1 N–H and O–H groups in total. The summed E-state index contributed by atoms with van der Waals surface area (Å²) in [5.41, 5.74) is 5.48. The van der Waals surface area contributed by atoms with Gasteiger partial charge in [-0.2, -0.15) is 5.10 Å². The first-order chi connectivity index (χ1) is 15.1. The fourth-order valence-electron chi connectivity index (χ4n) is 3.91. The largest absolute Gasteiger partial charge is 0.310 e. The van der Waals surface area contributed by atoms with Gasteiger partial charge in [-0.1, -0.05) is 18.1 Å².